The minimum atomic E-state index is -0.547. The van der Waals surface area contributed by atoms with E-state index in [0.717, 1.165) is 19.4 Å². The molecule has 1 unspecified atom stereocenters. The number of anilines is 1. The molecule has 0 bridgehead atoms. The summed E-state index contributed by atoms with van der Waals surface area (Å²) in [5.41, 5.74) is 0.793. The van der Waals surface area contributed by atoms with Crippen molar-refractivity contribution in [3.8, 4) is 0 Å². The average molecular weight is 253 g/mol. The summed E-state index contributed by atoms with van der Waals surface area (Å²) in [5, 5.41) is 3.20. The topological polar surface area (TPSA) is 47.6 Å². The van der Waals surface area contributed by atoms with Crippen LogP contribution in [0.2, 0.25) is 0 Å². The number of methoxy groups -OCH3 is 1. The molecule has 0 aliphatic carbocycles. The number of ether oxygens (including phenoxy) is 2. The molecule has 0 radical (unpaired) electrons. The Bertz CT molecular complexity index is 430. The number of hydrogen-bond donors (Lipinski definition) is 1. The maximum Gasteiger partial charge on any atom is 0.340 e. The van der Waals surface area contributed by atoms with Crippen LogP contribution >= 0.6 is 0 Å². The zero-order valence-electron chi connectivity index (χ0n) is 10.2. The molecule has 18 heavy (non-hydrogen) atoms. The fourth-order valence-corrected chi connectivity index (χ4v) is 2.00. The number of benzene rings is 1. The molecule has 1 fully saturated rings. The first-order chi connectivity index (χ1) is 8.70. The van der Waals surface area contributed by atoms with Crippen molar-refractivity contribution >= 4 is 11.7 Å². The number of esters is 1. The molecule has 0 saturated carbocycles. The van der Waals surface area contributed by atoms with E-state index in [1.807, 2.05) is 0 Å². The highest BCUT2D eigenvalue weighted by Gasteiger charge is 2.18. The van der Waals surface area contributed by atoms with E-state index in [4.69, 9.17) is 4.74 Å². The van der Waals surface area contributed by atoms with Crippen molar-refractivity contribution in [2.45, 2.75) is 18.9 Å². The number of carbonyl (C=O) groups excluding carboxylic acids is 1. The number of rotatable bonds is 3. The second-order valence-electron chi connectivity index (χ2n) is 4.24. The van der Waals surface area contributed by atoms with Crippen molar-refractivity contribution in [3.05, 3.63) is 29.6 Å². The predicted molar refractivity (Wildman–Crippen MR) is 65.2 cm³/mol. The predicted octanol–water partition coefficient (Wildman–Crippen LogP) is 2.20. The molecule has 0 spiro atoms. The van der Waals surface area contributed by atoms with E-state index in [-0.39, 0.29) is 11.6 Å². The Hall–Kier alpha value is -1.62. The Morgan fingerprint density at radius 2 is 2.39 bits per heavy atom. The van der Waals surface area contributed by atoms with Crippen LogP contribution in [0.1, 0.15) is 23.2 Å². The van der Waals surface area contributed by atoms with Gasteiger partial charge in [0.25, 0.3) is 0 Å². The Kier molecular flexibility index (Phi) is 4.15. The fourth-order valence-electron chi connectivity index (χ4n) is 2.00. The third kappa shape index (κ3) is 2.98. The molecule has 1 aromatic carbocycles. The Morgan fingerprint density at radius 3 is 3.06 bits per heavy atom. The zero-order valence-corrected chi connectivity index (χ0v) is 10.2. The van der Waals surface area contributed by atoms with E-state index in [9.17, 15) is 9.18 Å². The summed E-state index contributed by atoms with van der Waals surface area (Å²) in [5.74, 6) is -1.01. The quantitative estimate of drug-likeness (QED) is 0.839. The van der Waals surface area contributed by atoms with Gasteiger partial charge in [0.05, 0.1) is 19.3 Å². The Balaban J connectivity index is 2.17. The lowest BCUT2D eigenvalue weighted by Crippen LogP contribution is -2.30. The lowest BCUT2D eigenvalue weighted by molar-refractivity contribution is 0.0600. The van der Waals surface area contributed by atoms with Gasteiger partial charge in [-0.1, -0.05) is 0 Å². The molecule has 1 heterocycles. The van der Waals surface area contributed by atoms with E-state index in [2.05, 4.69) is 10.1 Å². The van der Waals surface area contributed by atoms with Crippen LogP contribution in [-0.2, 0) is 9.47 Å². The summed E-state index contributed by atoms with van der Waals surface area (Å²) >= 11 is 0. The van der Waals surface area contributed by atoms with Crippen LogP contribution in [0.4, 0.5) is 10.1 Å². The standard InChI is InChI=1S/C13H16FNO3/c1-17-13(16)11-7-9(14)4-5-12(11)15-10-3-2-6-18-8-10/h4-5,7,10,15H,2-3,6,8H2,1H3. The van der Waals surface area contributed by atoms with E-state index in [1.165, 1.54) is 19.2 Å². The second-order valence-corrected chi connectivity index (χ2v) is 4.24. The first kappa shape index (κ1) is 12.8. The minimum absolute atomic E-state index is 0.146. The fraction of sp³-hybridized carbons (Fsp3) is 0.462. The van der Waals surface area contributed by atoms with Crippen LogP contribution in [0, 0.1) is 5.82 Å². The molecule has 5 heteroatoms. The monoisotopic (exact) mass is 253 g/mol. The van der Waals surface area contributed by atoms with Crippen molar-refractivity contribution in [2.75, 3.05) is 25.6 Å². The van der Waals surface area contributed by atoms with Crippen molar-refractivity contribution < 1.29 is 18.7 Å². The van der Waals surface area contributed by atoms with Gasteiger partial charge in [0, 0.05) is 18.3 Å². The molecule has 0 aromatic heterocycles. The third-order valence-corrected chi connectivity index (χ3v) is 2.91. The molecule has 1 atom stereocenters. The van der Waals surface area contributed by atoms with Gasteiger partial charge >= 0.3 is 5.97 Å². The van der Waals surface area contributed by atoms with Gasteiger partial charge in [-0.25, -0.2) is 9.18 Å². The van der Waals surface area contributed by atoms with Crippen LogP contribution < -0.4 is 5.32 Å². The van der Waals surface area contributed by atoms with Gasteiger partial charge in [-0.2, -0.15) is 0 Å². The summed E-state index contributed by atoms with van der Waals surface area (Å²) in [4.78, 5) is 11.6. The summed E-state index contributed by atoms with van der Waals surface area (Å²) in [6.07, 6.45) is 1.95. The van der Waals surface area contributed by atoms with Gasteiger partial charge in [0.15, 0.2) is 0 Å². The van der Waals surface area contributed by atoms with Crippen LogP contribution in [0.15, 0.2) is 18.2 Å². The maximum atomic E-state index is 13.2. The van der Waals surface area contributed by atoms with E-state index >= 15 is 0 Å². The third-order valence-electron chi connectivity index (χ3n) is 2.91. The lowest BCUT2D eigenvalue weighted by atomic mass is 10.1. The normalized spacial score (nSPS) is 19.3. The summed E-state index contributed by atoms with van der Waals surface area (Å²) in [7, 11) is 1.28. The van der Waals surface area contributed by atoms with Crippen LogP contribution in [0.25, 0.3) is 0 Å². The number of carbonyl (C=O) groups is 1. The molecule has 0 amide bonds. The van der Waals surface area contributed by atoms with E-state index < -0.39 is 11.8 Å². The Labute approximate surface area is 105 Å². The maximum absolute atomic E-state index is 13.2. The van der Waals surface area contributed by atoms with Crippen molar-refractivity contribution in [3.63, 3.8) is 0 Å². The summed E-state index contributed by atoms with van der Waals surface area (Å²) < 4.78 is 23.2. The second kappa shape index (κ2) is 5.82. The molecule has 98 valence electrons. The molecule has 1 aliphatic rings. The number of halogens is 1. The lowest BCUT2D eigenvalue weighted by Gasteiger charge is -2.25. The van der Waals surface area contributed by atoms with Crippen LogP contribution in [-0.4, -0.2) is 32.3 Å². The number of nitrogens with one attached hydrogen (secondary N) is 1. The summed E-state index contributed by atoms with van der Waals surface area (Å²) in [6.45, 7) is 1.36. The van der Waals surface area contributed by atoms with Gasteiger partial charge < -0.3 is 14.8 Å². The average Bonchev–Trinajstić information content (AvgIpc) is 2.41. The molecule has 1 aromatic rings. The smallest absolute Gasteiger partial charge is 0.340 e. The highest BCUT2D eigenvalue weighted by molar-refractivity contribution is 5.95. The van der Waals surface area contributed by atoms with Crippen molar-refractivity contribution in [2.24, 2.45) is 0 Å². The molecular formula is C13H16FNO3. The SMILES string of the molecule is COC(=O)c1cc(F)ccc1NC1CCCOC1. The highest BCUT2D eigenvalue weighted by Crippen LogP contribution is 2.21. The van der Waals surface area contributed by atoms with E-state index in [1.54, 1.807) is 6.07 Å². The number of hydrogen-bond acceptors (Lipinski definition) is 4. The molecule has 4 nitrogen and oxygen atoms in total. The largest absolute Gasteiger partial charge is 0.465 e. The molecule has 2 rings (SSSR count). The van der Waals surface area contributed by atoms with Crippen molar-refractivity contribution in [1.82, 2.24) is 0 Å². The van der Waals surface area contributed by atoms with Gasteiger partial charge in [-0.05, 0) is 31.0 Å². The minimum Gasteiger partial charge on any atom is -0.465 e. The summed E-state index contributed by atoms with van der Waals surface area (Å²) in [6, 6.07) is 4.19. The first-order valence-corrected chi connectivity index (χ1v) is 5.93. The van der Waals surface area contributed by atoms with Gasteiger partial charge in [0.2, 0.25) is 0 Å². The molecule has 1 saturated heterocycles. The van der Waals surface area contributed by atoms with Gasteiger partial charge in [0.1, 0.15) is 5.82 Å². The van der Waals surface area contributed by atoms with Gasteiger partial charge in [-0.3, -0.25) is 0 Å². The highest BCUT2D eigenvalue weighted by atomic mass is 19.1. The Morgan fingerprint density at radius 1 is 1.56 bits per heavy atom. The molecule has 1 aliphatic heterocycles. The molecular weight excluding hydrogens is 237 g/mol. The first-order valence-electron chi connectivity index (χ1n) is 5.93. The van der Waals surface area contributed by atoms with Crippen LogP contribution in [0.3, 0.4) is 0 Å². The van der Waals surface area contributed by atoms with Gasteiger partial charge in [-0.15, -0.1) is 0 Å². The molecule has 1 N–H and O–H groups in total. The van der Waals surface area contributed by atoms with Crippen molar-refractivity contribution in [1.29, 1.82) is 0 Å². The zero-order chi connectivity index (χ0) is 13.0. The van der Waals surface area contributed by atoms with Crippen LogP contribution in [0.5, 0.6) is 0 Å². The van der Waals surface area contributed by atoms with E-state index in [0.29, 0.717) is 12.3 Å².